The third-order valence-electron chi connectivity index (χ3n) is 6.04. The molecule has 1 aromatic carbocycles. The van der Waals surface area contributed by atoms with Gasteiger partial charge in [-0.3, -0.25) is 10.1 Å². The lowest BCUT2D eigenvalue weighted by Gasteiger charge is -2.23. The normalized spacial score (nSPS) is 16.6. The van der Waals surface area contributed by atoms with Gasteiger partial charge in [0.1, 0.15) is 6.10 Å². The third kappa shape index (κ3) is 3.38. The summed E-state index contributed by atoms with van der Waals surface area (Å²) in [6.07, 6.45) is 9.59. The van der Waals surface area contributed by atoms with E-state index in [1.807, 2.05) is 19.3 Å². The Kier molecular flexibility index (Phi) is 4.57. The van der Waals surface area contributed by atoms with Crippen molar-refractivity contribution in [1.29, 1.82) is 0 Å². The number of aromatic amines is 2. The van der Waals surface area contributed by atoms with Crippen LogP contribution in [0, 0.1) is 6.92 Å². The molecule has 160 valence electrons. The Labute approximate surface area is 184 Å². The molecule has 5 heterocycles. The first-order valence-electron chi connectivity index (χ1n) is 10.9. The molecule has 0 aliphatic carbocycles. The largest absolute Gasteiger partial charge is 0.472 e. The SMILES string of the molecule is Cc1[nH]nc2ncc(-c3ccc4[nH]cc(-c5cncc(O[C@@H]6CCCNC6)n5)c4c3)cc12. The number of H-pyrrole nitrogens is 2. The minimum Gasteiger partial charge on any atom is -0.472 e. The monoisotopic (exact) mass is 425 g/mol. The van der Waals surface area contributed by atoms with Crippen molar-refractivity contribution in [2.75, 3.05) is 13.1 Å². The highest BCUT2D eigenvalue weighted by atomic mass is 16.5. The molecule has 1 atom stereocenters. The van der Waals surface area contributed by atoms with Gasteiger partial charge in [0.25, 0.3) is 0 Å². The van der Waals surface area contributed by atoms with Crippen molar-refractivity contribution in [3.8, 4) is 28.3 Å². The summed E-state index contributed by atoms with van der Waals surface area (Å²) in [6.45, 7) is 3.90. The number of aryl methyl sites for hydroxylation is 1. The number of nitrogens with zero attached hydrogens (tertiary/aromatic N) is 4. The summed E-state index contributed by atoms with van der Waals surface area (Å²) in [6, 6.07) is 8.48. The lowest BCUT2D eigenvalue weighted by atomic mass is 10.0. The lowest BCUT2D eigenvalue weighted by molar-refractivity contribution is 0.160. The molecule has 4 aromatic heterocycles. The maximum atomic E-state index is 6.08. The number of aromatic nitrogens is 6. The summed E-state index contributed by atoms with van der Waals surface area (Å²) < 4.78 is 6.08. The van der Waals surface area contributed by atoms with Crippen molar-refractivity contribution in [3.63, 3.8) is 0 Å². The van der Waals surface area contributed by atoms with Gasteiger partial charge in [-0.15, -0.1) is 0 Å². The zero-order chi connectivity index (χ0) is 21.5. The molecule has 0 unspecified atom stereocenters. The van der Waals surface area contributed by atoms with Gasteiger partial charge in [0, 0.05) is 52.0 Å². The first-order valence-corrected chi connectivity index (χ1v) is 10.9. The number of benzene rings is 1. The fraction of sp³-hybridized carbons (Fsp3) is 0.250. The summed E-state index contributed by atoms with van der Waals surface area (Å²) in [5.41, 5.74) is 6.70. The highest BCUT2D eigenvalue weighted by Gasteiger charge is 2.16. The van der Waals surface area contributed by atoms with Crippen LogP contribution >= 0.6 is 0 Å². The van der Waals surface area contributed by atoms with E-state index < -0.39 is 0 Å². The number of hydrogen-bond acceptors (Lipinski definition) is 6. The number of pyridine rings is 1. The standard InChI is InChI=1S/C24H23N7O/c1-14-18-8-16(9-28-24(18)31-30-14)15-4-5-21-19(7-15)20(11-27-21)22-12-26-13-23(29-22)32-17-3-2-6-25-10-17/h4-5,7-9,11-13,17,25,27H,2-3,6,10H2,1H3,(H,28,30,31)/t17-/m1/s1. The lowest BCUT2D eigenvalue weighted by Crippen LogP contribution is -2.37. The number of hydrogen-bond donors (Lipinski definition) is 3. The van der Waals surface area contributed by atoms with Gasteiger partial charge in [-0.25, -0.2) is 9.97 Å². The average molecular weight is 425 g/mol. The molecule has 1 fully saturated rings. The third-order valence-corrected chi connectivity index (χ3v) is 6.04. The van der Waals surface area contributed by atoms with Gasteiger partial charge < -0.3 is 15.0 Å². The smallest absolute Gasteiger partial charge is 0.233 e. The number of ether oxygens (including phenoxy) is 1. The van der Waals surface area contributed by atoms with Gasteiger partial charge in [0.05, 0.1) is 18.1 Å². The Morgan fingerprint density at radius 1 is 1.06 bits per heavy atom. The predicted octanol–water partition coefficient (Wildman–Crippen LogP) is 4.00. The van der Waals surface area contributed by atoms with Crippen molar-refractivity contribution in [3.05, 3.63) is 54.7 Å². The maximum absolute atomic E-state index is 6.08. The highest BCUT2D eigenvalue weighted by molar-refractivity contribution is 5.97. The van der Waals surface area contributed by atoms with E-state index in [0.29, 0.717) is 5.88 Å². The molecule has 1 aliphatic heterocycles. The van der Waals surface area contributed by atoms with E-state index in [9.17, 15) is 0 Å². The van der Waals surface area contributed by atoms with Crippen LogP contribution in [0.2, 0.25) is 0 Å². The zero-order valence-electron chi connectivity index (χ0n) is 17.7. The van der Waals surface area contributed by atoms with Crippen LogP contribution in [0.15, 0.2) is 49.1 Å². The number of piperidine rings is 1. The zero-order valence-corrected chi connectivity index (χ0v) is 17.7. The molecule has 1 aliphatic rings. The van der Waals surface area contributed by atoms with E-state index in [1.54, 1.807) is 12.4 Å². The van der Waals surface area contributed by atoms with Crippen molar-refractivity contribution in [2.45, 2.75) is 25.9 Å². The summed E-state index contributed by atoms with van der Waals surface area (Å²) in [5.74, 6) is 0.562. The molecule has 0 bridgehead atoms. The summed E-state index contributed by atoms with van der Waals surface area (Å²) in [5, 5.41) is 12.7. The molecule has 6 rings (SSSR count). The quantitative estimate of drug-likeness (QED) is 0.402. The van der Waals surface area contributed by atoms with Crippen LogP contribution in [0.25, 0.3) is 44.3 Å². The van der Waals surface area contributed by atoms with Gasteiger partial charge >= 0.3 is 0 Å². The summed E-state index contributed by atoms with van der Waals surface area (Å²) in [4.78, 5) is 17.0. The first kappa shape index (κ1) is 18.9. The van der Waals surface area contributed by atoms with E-state index in [0.717, 1.165) is 75.9 Å². The van der Waals surface area contributed by atoms with Crippen LogP contribution in [0.5, 0.6) is 5.88 Å². The molecule has 1 saturated heterocycles. The molecular formula is C24H23N7O. The van der Waals surface area contributed by atoms with Gasteiger partial charge in [0.2, 0.25) is 5.88 Å². The maximum Gasteiger partial charge on any atom is 0.233 e. The second kappa shape index (κ2) is 7.72. The Hall–Kier alpha value is -3.78. The van der Waals surface area contributed by atoms with Crippen LogP contribution in [-0.2, 0) is 0 Å². The molecule has 0 amide bonds. The molecule has 0 spiro atoms. The highest BCUT2D eigenvalue weighted by Crippen LogP contribution is 2.32. The van der Waals surface area contributed by atoms with E-state index in [-0.39, 0.29) is 6.10 Å². The summed E-state index contributed by atoms with van der Waals surface area (Å²) >= 11 is 0. The number of rotatable bonds is 4. The number of nitrogens with one attached hydrogen (secondary N) is 3. The Morgan fingerprint density at radius 2 is 2.00 bits per heavy atom. The van der Waals surface area contributed by atoms with Gasteiger partial charge in [-0.2, -0.15) is 5.10 Å². The Bertz CT molecular complexity index is 1410. The molecular weight excluding hydrogens is 402 g/mol. The van der Waals surface area contributed by atoms with Crippen molar-refractivity contribution >= 4 is 21.9 Å². The van der Waals surface area contributed by atoms with E-state index >= 15 is 0 Å². The number of fused-ring (bicyclic) bond motifs is 2. The van der Waals surface area contributed by atoms with Gasteiger partial charge in [0.15, 0.2) is 5.65 Å². The van der Waals surface area contributed by atoms with Gasteiger partial charge in [-0.05, 0) is 50.1 Å². The summed E-state index contributed by atoms with van der Waals surface area (Å²) in [7, 11) is 0. The molecule has 5 aromatic rings. The van der Waals surface area contributed by atoms with Crippen molar-refractivity contribution < 1.29 is 4.74 Å². The van der Waals surface area contributed by atoms with Crippen LogP contribution in [0.4, 0.5) is 0 Å². The Morgan fingerprint density at radius 3 is 2.91 bits per heavy atom. The minimum atomic E-state index is 0.136. The van der Waals surface area contributed by atoms with E-state index in [2.05, 4.69) is 54.7 Å². The average Bonchev–Trinajstić information content (AvgIpc) is 3.43. The van der Waals surface area contributed by atoms with Crippen molar-refractivity contribution in [2.24, 2.45) is 0 Å². The first-order chi connectivity index (χ1) is 15.7. The van der Waals surface area contributed by atoms with Crippen LogP contribution in [-0.4, -0.2) is 49.3 Å². The second-order valence-corrected chi connectivity index (χ2v) is 8.24. The van der Waals surface area contributed by atoms with Gasteiger partial charge in [-0.1, -0.05) is 6.07 Å². The topological polar surface area (TPSA) is 104 Å². The Balaban J connectivity index is 1.37. The predicted molar refractivity (Wildman–Crippen MR) is 123 cm³/mol. The molecule has 0 saturated carbocycles. The molecule has 8 heteroatoms. The van der Waals surface area contributed by atoms with E-state index in [1.165, 1.54) is 0 Å². The van der Waals surface area contributed by atoms with Crippen LogP contribution in [0.1, 0.15) is 18.5 Å². The van der Waals surface area contributed by atoms with E-state index in [4.69, 9.17) is 9.72 Å². The van der Waals surface area contributed by atoms with Crippen molar-refractivity contribution in [1.82, 2.24) is 35.5 Å². The minimum absolute atomic E-state index is 0.136. The molecule has 0 radical (unpaired) electrons. The van der Waals surface area contributed by atoms with Crippen LogP contribution in [0.3, 0.4) is 0 Å². The second-order valence-electron chi connectivity index (χ2n) is 8.24. The molecule has 32 heavy (non-hydrogen) atoms. The molecule has 3 N–H and O–H groups in total. The molecule has 8 nitrogen and oxygen atoms in total. The van der Waals surface area contributed by atoms with Crippen LogP contribution < -0.4 is 10.1 Å². The fourth-order valence-corrected chi connectivity index (χ4v) is 4.32. The fourth-order valence-electron chi connectivity index (χ4n) is 4.32.